The third kappa shape index (κ3) is 5.62. The van der Waals surface area contributed by atoms with Crippen molar-refractivity contribution in [2.75, 3.05) is 13.1 Å². The Hall–Kier alpha value is -1.73. The Balaban J connectivity index is 1.51. The summed E-state index contributed by atoms with van der Waals surface area (Å²) in [6, 6.07) is 7.72. The Morgan fingerprint density at radius 2 is 2.00 bits per heavy atom. The number of thioether (sulfide) groups is 1. The number of carbonyl (C=O) groups excluding carboxylic acids is 1. The molecule has 2 heterocycles. The lowest BCUT2D eigenvalue weighted by Gasteiger charge is -2.32. The van der Waals surface area contributed by atoms with Gasteiger partial charge in [-0.15, -0.1) is 10.2 Å². The molecule has 0 unspecified atom stereocenters. The van der Waals surface area contributed by atoms with Gasteiger partial charge in [0.1, 0.15) is 5.60 Å². The van der Waals surface area contributed by atoms with E-state index in [1.807, 2.05) is 45.0 Å². The van der Waals surface area contributed by atoms with E-state index >= 15 is 0 Å². The molecule has 8 heteroatoms. The molecule has 146 valence electrons. The summed E-state index contributed by atoms with van der Waals surface area (Å²) in [5, 5.41) is 9.61. The zero-order chi connectivity index (χ0) is 19.4. The second kappa shape index (κ2) is 8.52. The Labute approximate surface area is 168 Å². The van der Waals surface area contributed by atoms with Crippen molar-refractivity contribution in [1.29, 1.82) is 0 Å². The SMILES string of the molecule is CC(C)(C)OC(=O)N1CCC(c2nnc(SCc3ccccc3Cl)o2)CC1. The van der Waals surface area contributed by atoms with Crippen molar-refractivity contribution in [3.63, 3.8) is 0 Å². The van der Waals surface area contributed by atoms with E-state index in [0.29, 0.717) is 30.0 Å². The molecule has 1 fully saturated rings. The number of piperidine rings is 1. The maximum atomic E-state index is 12.1. The predicted molar refractivity (Wildman–Crippen MR) is 105 cm³/mol. The van der Waals surface area contributed by atoms with Crippen LogP contribution in [0.1, 0.15) is 51.0 Å². The molecule has 0 atom stereocenters. The first-order valence-corrected chi connectivity index (χ1v) is 10.4. The monoisotopic (exact) mass is 409 g/mol. The van der Waals surface area contributed by atoms with Crippen LogP contribution < -0.4 is 0 Å². The van der Waals surface area contributed by atoms with Crippen LogP contribution in [0.25, 0.3) is 0 Å². The number of nitrogens with zero attached hydrogens (tertiary/aromatic N) is 3. The molecular formula is C19H24ClN3O3S. The van der Waals surface area contributed by atoms with Crippen LogP contribution in [0.5, 0.6) is 0 Å². The maximum Gasteiger partial charge on any atom is 0.410 e. The highest BCUT2D eigenvalue weighted by molar-refractivity contribution is 7.98. The highest BCUT2D eigenvalue weighted by atomic mass is 35.5. The van der Waals surface area contributed by atoms with E-state index in [4.69, 9.17) is 20.8 Å². The molecule has 0 bridgehead atoms. The second-order valence-corrected chi connectivity index (χ2v) is 8.86. The van der Waals surface area contributed by atoms with Gasteiger partial charge in [-0.2, -0.15) is 0 Å². The number of benzene rings is 1. The Morgan fingerprint density at radius 1 is 1.30 bits per heavy atom. The number of carbonyl (C=O) groups is 1. The van der Waals surface area contributed by atoms with Crippen LogP contribution in [-0.4, -0.2) is 39.9 Å². The van der Waals surface area contributed by atoms with Crippen LogP contribution in [0, 0.1) is 0 Å². The van der Waals surface area contributed by atoms with Crippen LogP contribution in [0.3, 0.4) is 0 Å². The fourth-order valence-corrected chi connectivity index (χ4v) is 3.89. The minimum atomic E-state index is -0.478. The van der Waals surface area contributed by atoms with Gasteiger partial charge in [-0.3, -0.25) is 0 Å². The van der Waals surface area contributed by atoms with E-state index in [-0.39, 0.29) is 12.0 Å². The largest absolute Gasteiger partial charge is 0.444 e. The normalized spacial score (nSPS) is 15.8. The first-order valence-electron chi connectivity index (χ1n) is 8.99. The van der Waals surface area contributed by atoms with Crippen LogP contribution >= 0.6 is 23.4 Å². The van der Waals surface area contributed by atoms with Gasteiger partial charge in [-0.1, -0.05) is 41.6 Å². The van der Waals surface area contributed by atoms with Crippen molar-refractivity contribution in [3.05, 3.63) is 40.7 Å². The van der Waals surface area contributed by atoms with E-state index < -0.39 is 5.60 Å². The molecular weight excluding hydrogens is 386 g/mol. The van der Waals surface area contributed by atoms with Crippen molar-refractivity contribution in [1.82, 2.24) is 15.1 Å². The van der Waals surface area contributed by atoms with Crippen molar-refractivity contribution in [2.45, 2.75) is 56.1 Å². The van der Waals surface area contributed by atoms with E-state index in [2.05, 4.69) is 10.2 Å². The van der Waals surface area contributed by atoms with Crippen molar-refractivity contribution in [3.8, 4) is 0 Å². The van der Waals surface area contributed by atoms with Gasteiger partial charge in [0, 0.05) is 29.8 Å². The lowest BCUT2D eigenvalue weighted by atomic mass is 9.97. The summed E-state index contributed by atoms with van der Waals surface area (Å²) in [5.41, 5.74) is 0.559. The molecule has 27 heavy (non-hydrogen) atoms. The average molecular weight is 410 g/mol. The second-order valence-electron chi connectivity index (χ2n) is 7.53. The molecule has 0 N–H and O–H groups in total. The smallest absolute Gasteiger partial charge is 0.410 e. The van der Waals surface area contributed by atoms with E-state index in [1.54, 1.807) is 4.90 Å². The summed E-state index contributed by atoms with van der Waals surface area (Å²) in [6.45, 7) is 6.88. The maximum absolute atomic E-state index is 12.1. The molecule has 0 spiro atoms. The zero-order valence-corrected chi connectivity index (χ0v) is 17.3. The number of rotatable bonds is 4. The lowest BCUT2D eigenvalue weighted by Crippen LogP contribution is -2.41. The van der Waals surface area contributed by atoms with Crippen LogP contribution in [0.15, 0.2) is 33.9 Å². The quantitative estimate of drug-likeness (QED) is 0.652. The summed E-state index contributed by atoms with van der Waals surface area (Å²) in [7, 11) is 0. The molecule has 1 aliphatic rings. The molecule has 0 aliphatic carbocycles. The zero-order valence-electron chi connectivity index (χ0n) is 15.8. The van der Waals surface area contributed by atoms with Crippen LogP contribution in [0.4, 0.5) is 4.79 Å². The molecule has 3 rings (SSSR count). The molecule has 1 aliphatic heterocycles. The predicted octanol–water partition coefficient (Wildman–Crippen LogP) is 5.13. The minimum Gasteiger partial charge on any atom is -0.444 e. The molecule has 2 aromatic rings. The molecule has 1 amide bonds. The highest BCUT2D eigenvalue weighted by Crippen LogP contribution is 2.31. The number of halogens is 1. The van der Waals surface area contributed by atoms with E-state index in [0.717, 1.165) is 23.4 Å². The fourth-order valence-electron chi connectivity index (χ4n) is 2.83. The van der Waals surface area contributed by atoms with Gasteiger partial charge < -0.3 is 14.1 Å². The molecule has 1 aromatic heterocycles. The lowest BCUT2D eigenvalue weighted by molar-refractivity contribution is 0.0198. The third-order valence-electron chi connectivity index (χ3n) is 4.23. The summed E-state index contributed by atoms with van der Waals surface area (Å²) in [5.74, 6) is 1.49. The number of hydrogen-bond acceptors (Lipinski definition) is 6. The number of hydrogen-bond donors (Lipinski definition) is 0. The van der Waals surface area contributed by atoms with Gasteiger partial charge in [-0.25, -0.2) is 4.79 Å². The summed E-state index contributed by atoms with van der Waals surface area (Å²) < 4.78 is 11.3. The Kier molecular flexibility index (Phi) is 6.32. The van der Waals surface area contributed by atoms with Gasteiger partial charge in [0.05, 0.1) is 0 Å². The molecule has 1 saturated heterocycles. The van der Waals surface area contributed by atoms with Gasteiger partial charge in [0.15, 0.2) is 0 Å². The molecule has 0 radical (unpaired) electrons. The molecule has 1 aromatic carbocycles. The van der Waals surface area contributed by atoms with Crippen molar-refractivity contribution < 1.29 is 13.9 Å². The summed E-state index contributed by atoms with van der Waals surface area (Å²) in [4.78, 5) is 13.9. The third-order valence-corrected chi connectivity index (χ3v) is 5.46. The first kappa shape index (κ1) is 20.0. The van der Waals surface area contributed by atoms with Gasteiger partial charge in [0.2, 0.25) is 5.89 Å². The molecule has 6 nitrogen and oxygen atoms in total. The van der Waals surface area contributed by atoms with E-state index in [1.165, 1.54) is 11.8 Å². The van der Waals surface area contributed by atoms with Crippen LogP contribution in [0.2, 0.25) is 5.02 Å². The standard InChI is InChI=1S/C19H24ClN3O3S/c1-19(2,3)26-18(24)23-10-8-13(9-11-23)16-21-22-17(25-16)27-12-14-6-4-5-7-15(14)20/h4-7,13H,8-12H2,1-3H3. The van der Waals surface area contributed by atoms with Crippen molar-refractivity contribution >= 4 is 29.5 Å². The van der Waals surface area contributed by atoms with Gasteiger partial charge in [-0.05, 0) is 45.2 Å². The summed E-state index contributed by atoms with van der Waals surface area (Å²) >= 11 is 7.65. The number of likely N-dealkylation sites (tertiary alicyclic amines) is 1. The topological polar surface area (TPSA) is 68.5 Å². The van der Waals surface area contributed by atoms with Crippen molar-refractivity contribution in [2.24, 2.45) is 0 Å². The number of aromatic nitrogens is 2. The number of ether oxygens (including phenoxy) is 1. The Morgan fingerprint density at radius 3 is 2.67 bits per heavy atom. The Bertz CT molecular complexity index is 783. The molecule has 0 saturated carbocycles. The minimum absolute atomic E-state index is 0.172. The fraction of sp³-hybridized carbons (Fsp3) is 0.526. The number of amides is 1. The van der Waals surface area contributed by atoms with Gasteiger partial charge in [0.25, 0.3) is 5.22 Å². The highest BCUT2D eigenvalue weighted by Gasteiger charge is 2.29. The van der Waals surface area contributed by atoms with Gasteiger partial charge >= 0.3 is 6.09 Å². The van der Waals surface area contributed by atoms with E-state index in [9.17, 15) is 4.79 Å². The van der Waals surface area contributed by atoms with Crippen LogP contribution in [-0.2, 0) is 10.5 Å². The summed E-state index contributed by atoms with van der Waals surface area (Å²) in [6.07, 6.45) is 1.31. The average Bonchev–Trinajstić information content (AvgIpc) is 3.09. The first-order chi connectivity index (χ1) is 12.8.